The van der Waals surface area contributed by atoms with Crippen LogP contribution in [0.2, 0.25) is 0 Å². The van der Waals surface area contributed by atoms with Gasteiger partial charge in [0, 0.05) is 17.3 Å². The molecule has 0 aliphatic rings. The number of nitrogens with zero attached hydrogens (tertiary/aromatic N) is 1. The Balaban J connectivity index is 2.53. The Morgan fingerprint density at radius 3 is 2.56 bits per heavy atom. The lowest BCUT2D eigenvalue weighted by molar-refractivity contribution is 0.454. The molecule has 84 valence electrons. The van der Waals surface area contributed by atoms with E-state index >= 15 is 0 Å². The Morgan fingerprint density at radius 1 is 1.31 bits per heavy atom. The number of nitrogens with one attached hydrogen (secondary N) is 1. The molecule has 0 saturated heterocycles. The summed E-state index contributed by atoms with van der Waals surface area (Å²) in [5, 5.41) is 16.2. The number of benzene rings is 1. The monoisotopic (exact) mass is 220 g/mol. The molecule has 16 heavy (non-hydrogen) atoms. The molecule has 0 spiro atoms. The highest BCUT2D eigenvalue weighted by Gasteiger charge is 2.14. The second-order valence-electron chi connectivity index (χ2n) is 4.03. The van der Waals surface area contributed by atoms with E-state index in [1.807, 2.05) is 13.8 Å². The van der Waals surface area contributed by atoms with E-state index in [0.717, 1.165) is 5.56 Å². The van der Waals surface area contributed by atoms with Crippen LogP contribution in [0.1, 0.15) is 25.3 Å². The van der Waals surface area contributed by atoms with Crippen LogP contribution in [0.5, 0.6) is 5.75 Å². The predicted octanol–water partition coefficient (Wildman–Crippen LogP) is 3.04. The van der Waals surface area contributed by atoms with Crippen molar-refractivity contribution in [2.24, 2.45) is 0 Å². The molecule has 0 amide bonds. The van der Waals surface area contributed by atoms with Gasteiger partial charge in [-0.1, -0.05) is 13.8 Å². The van der Waals surface area contributed by atoms with Gasteiger partial charge in [0.05, 0.1) is 6.20 Å². The Morgan fingerprint density at radius 2 is 2.06 bits per heavy atom. The maximum absolute atomic E-state index is 13.8. The summed E-state index contributed by atoms with van der Waals surface area (Å²) in [7, 11) is 0. The number of rotatable bonds is 2. The molecule has 0 radical (unpaired) electrons. The SMILES string of the molecule is CC(C)c1c(O)cc(-c2cn[nH]c2)cc1F. The first-order valence-corrected chi connectivity index (χ1v) is 5.11. The quantitative estimate of drug-likeness (QED) is 0.817. The summed E-state index contributed by atoms with van der Waals surface area (Å²) in [6.07, 6.45) is 3.24. The fourth-order valence-electron chi connectivity index (χ4n) is 1.75. The highest BCUT2D eigenvalue weighted by molar-refractivity contribution is 5.65. The van der Waals surface area contributed by atoms with E-state index < -0.39 is 0 Å². The van der Waals surface area contributed by atoms with Gasteiger partial charge in [0.2, 0.25) is 0 Å². The van der Waals surface area contributed by atoms with Crippen LogP contribution in [0.4, 0.5) is 4.39 Å². The van der Waals surface area contributed by atoms with Gasteiger partial charge in [0.1, 0.15) is 11.6 Å². The number of aromatic amines is 1. The third kappa shape index (κ3) is 1.78. The van der Waals surface area contributed by atoms with Crippen molar-refractivity contribution < 1.29 is 9.50 Å². The summed E-state index contributed by atoms with van der Waals surface area (Å²) < 4.78 is 13.8. The summed E-state index contributed by atoms with van der Waals surface area (Å²) >= 11 is 0. The predicted molar refractivity (Wildman–Crippen MR) is 59.7 cm³/mol. The van der Waals surface area contributed by atoms with Crippen LogP contribution in [-0.2, 0) is 0 Å². The molecular formula is C12H13FN2O. The highest BCUT2D eigenvalue weighted by atomic mass is 19.1. The molecule has 1 heterocycles. The summed E-state index contributed by atoms with van der Waals surface area (Å²) in [5.41, 5.74) is 1.73. The molecule has 0 bridgehead atoms. The molecule has 0 saturated carbocycles. The van der Waals surface area contributed by atoms with Crippen LogP contribution in [0.25, 0.3) is 11.1 Å². The topological polar surface area (TPSA) is 48.9 Å². The third-order valence-corrected chi connectivity index (χ3v) is 2.52. The van der Waals surface area contributed by atoms with Crippen LogP contribution in [0.15, 0.2) is 24.5 Å². The van der Waals surface area contributed by atoms with Gasteiger partial charge in [-0.25, -0.2) is 4.39 Å². The zero-order valence-electron chi connectivity index (χ0n) is 9.16. The van der Waals surface area contributed by atoms with Gasteiger partial charge >= 0.3 is 0 Å². The van der Waals surface area contributed by atoms with E-state index in [9.17, 15) is 9.50 Å². The van der Waals surface area contributed by atoms with Crippen molar-refractivity contribution in [2.75, 3.05) is 0 Å². The van der Waals surface area contributed by atoms with Crippen LogP contribution in [0.3, 0.4) is 0 Å². The lowest BCUT2D eigenvalue weighted by Gasteiger charge is -2.11. The van der Waals surface area contributed by atoms with Crippen molar-refractivity contribution in [1.82, 2.24) is 10.2 Å². The van der Waals surface area contributed by atoms with Crippen molar-refractivity contribution in [1.29, 1.82) is 0 Å². The minimum absolute atomic E-state index is 0.00815. The first kappa shape index (κ1) is 10.7. The number of aromatic hydroxyl groups is 1. The summed E-state index contributed by atoms with van der Waals surface area (Å²) in [6.45, 7) is 3.69. The van der Waals surface area contributed by atoms with E-state index in [2.05, 4.69) is 10.2 Å². The number of hydrogen-bond donors (Lipinski definition) is 2. The van der Waals surface area contributed by atoms with Crippen molar-refractivity contribution >= 4 is 0 Å². The second kappa shape index (κ2) is 3.96. The number of halogens is 1. The average Bonchev–Trinajstić information content (AvgIpc) is 2.67. The average molecular weight is 220 g/mol. The normalized spacial score (nSPS) is 11.0. The molecule has 0 unspecified atom stereocenters. The molecule has 3 nitrogen and oxygen atoms in total. The standard InChI is InChI=1S/C12H13FN2O/c1-7(2)12-10(13)3-8(4-11(12)16)9-5-14-15-6-9/h3-7,16H,1-2H3,(H,14,15). The molecule has 0 aliphatic carbocycles. The van der Waals surface area contributed by atoms with Crippen molar-refractivity contribution in [3.63, 3.8) is 0 Å². The molecule has 0 aliphatic heterocycles. The molecule has 2 rings (SSSR count). The smallest absolute Gasteiger partial charge is 0.130 e. The van der Waals surface area contributed by atoms with Crippen LogP contribution < -0.4 is 0 Å². The minimum atomic E-state index is -0.383. The Kier molecular flexibility index (Phi) is 2.64. The van der Waals surface area contributed by atoms with Gasteiger partial charge < -0.3 is 5.11 Å². The van der Waals surface area contributed by atoms with E-state index in [0.29, 0.717) is 11.1 Å². The Labute approximate surface area is 92.9 Å². The van der Waals surface area contributed by atoms with Crippen LogP contribution >= 0.6 is 0 Å². The summed E-state index contributed by atoms with van der Waals surface area (Å²) in [5.74, 6) is -0.434. The molecule has 4 heteroatoms. The zero-order chi connectivity index (χ0) is 11.7. The van der Waals surface area contributed by atoms with Crippen molar-refractivity contribution in [2.45, 2.75) is 19.8 Å². The molecule has 1 aromatic heterocycles. The van der Waals surface area contributed by atoms with Crippen molar-refractivity contribution in [3.8, 4) is 16.9 Å². The number of phenols is 1. The summed E-state index contributed by atoms with van der Waals surface area (Å²) in [6, 6.07) is 2.98. The van der Waals surface area contributed by atoms with Crippen molar-refractivity contribution in [3.05, 3.63) is 35.9 Å². The Bertz CT molecular complexity index is 469. The molecular weight excluding hydrogens is 207 g/mol. The minimum Gasteiger partial charge on any atom is -0.508 e. The van der Waals surface area contributed by atoms with E-state index in [-0.39, 0.29) is 17.5 Å². The molecule has 2 aromatic rings. The zero-order valence-corrected chi connectivity index (χ0v) is 9.16. The molecule has 0 fully saturated rings. The number of aromatic nitrogens is 2. The second-order valence-corrected chi connectivity index (χ2v) is 4.03. The van der Waals surface area contributed by atoms with E-state index in [1.54, 1.807) is 18.5 Å². The maximum Gasteiger partial charge on any atom is 0.130 e. The van der Waals surface area contributed by atoms with E-state index in [1.165, 1.54) is 6.07 Å². The fraction of sp³-hybridized carbons (Fsp3) is 0.250. The number of H-pyrrole nitrogens is 1. The summed E-state index contributed by atoms with van der Waals surface area (Å²) in [4.78, 5) is 0. The molecule has 0 atom stereocenters. The first-order valence-electron chi connectivity index (χ1n) is 5.11. The number of phenolic OH excluding ortho intramolecular Hbond substituents is 1. The first-order chi connectivity index (χ1) is 7.59. The molecule has 2 N–H and O–H groups in total. The van der Waals surface area contributed by atoms with Gasteiger partial charge in [-0.15, -0.1) is 0 Å². The third-order valence-electron chi connectivity index (χ3n) is 2.52. The lowest BCUT2D eigenvalue weighted by Crippen LogP contribution is -1.94. The highest BCUT2D eigenvalue weighted by Crippen LogP contribution is 2.32. The van der Waals surface area contributed by atoms with Gasteiger partial charge in [0.15, 0.2) is 0 Å². The van der Waals surface area contributed by atoms with Gasteiger partial charge in [0.25, 0.3) is 0 Å². The van der Waals surface area contributed by atoms with Gasteiger partial charge in [-0.2, -0.15) is 5.10 Å². The fourth-order valence-corrected chi connectivity index (χ4v) is 1.75. The largest absolute Gasteiger partial charge is 0.508 e. The van der Waals surface area contributed by atoms with Gasteiger partial charge in [-0.05, 0) is 23.6 Å². The Hall–Kier alpha value is -1.84. The maximum atomic E-state index is 13.8. The van der Waals surface area contributed by atoms with Gasteiger partial charge in [-0.3, -0.25) is 5.10 Å². The van der Waals surface area contributed by atoms with E-state index in [4.69, 9.17) is 0 Å². The van der Waals surface area contributed by atoms with Crippen LogP contribution in [-0.4, -0.2) is 15.3 Å². The number of hydrogen-bond acceptors (Lipinski definition) is 2. The molecule has 1 aromatic carbocycles. The lowest BCUT2D eigenvalue weighted by atomic mass is 9.98. The van der Waals surface area contributed by atoms with Crippen LogP contribution in [0, 0.1) is 5.82 Å².